The van der Waals surface area contributed by atoms with Gasteiger partial charge in [0.1, 0.15) is 12.4 Å². The second-order valence-electron chi connectivity index (χ2n) is 5.51. The molecule has 0 aliphatic carbocycles. The van der Waals surface area contributed by atoms with Crippen LogP contribution in [-0.4, -0.2) is 43.2 Å². The van der Waals surface area contributed by atoms with Crippen molar-refractivity contribution in [3.05, 3.63) is 28.8 Å². The molecule has 0 amide bonds. The Bertz CT molecular complexity index is 658. The van der Waals surface area contributed by atoms with Crippen LogP contribution in [0.2, 0.25) is 0 Å². The number of rotatable bonds is 9. The summed E-state index contributed by atoms with van der Waals surface area (Å²) in [6.07, 6.45) is -0.737. The van der Waals surface area contributed by atoms with Gasteiger partial charge in [0, 0.05) is 6.07 Å². The highest BCUT2D eigenvalue weighted by Gasteiger charge is 2.10. The molecule has 1 N–H and O–H groups in total. The Balaban J connectivity index is 1.74. The number of benzene rings is 1. The van der Waals surface area contributed by atoms with Crippen LogP contribution in [0.5, 0.6) is 5.75 Å². The number of fused-ring (bicyclic) bond motifs is 1. The number of aliphatic hydroxyl groups is 1. The van der Waals surface area contributed by atoms with E-state index in [4.69, 9.17) is 28.2 Å². The Hall–Kier alpha value is -1.83. The van der Waals surface area contributed by atoms with Crippen LogP contribution in [0.25, 0.3) is 11.2 Å². The van der Waals surface area contributed by atoms with E-state index >= 15 is 0 Å². The molecule has 0 spiro atoms. The fraction of sp³-hybridized carbons (Fsp3) is 0.562. The van der Waals surface area contributed by atoms with Crippen LogP contribution in [-0.2, 0) is 9.47 Å². The van der Waals surface area contributed by atoms with E-state index in [1.807, 2.05) is 13.8 Å². The molecule has 3 atom stereocenters. The van der Waals surface area contributed by atoms with Crippen molar-refractivity contribution in [2.75, 3.05) is 19.8 Å². The summed E-state index contributed by atoms with van der Waals surface area (Å²) in [5.74, 6) is -0.170. The van der Waals surface area contributed by atoms with Gasteiger partial charge in [0.25, 0.3) is 0 Å². The first-order valence-corrected chi connectivity index (χ1v) is 7.52. The average molecular weight is 326 g/mol. The molecule has 2 aromatic rings. The van der Waals surface area contributed by atoms with Gasteiger partial charge in [-0.2, -0.15) is 0 Å². The van der Waals surface area contributed by atoms with E-state index in [2.05, 4.69) is 0 Å². The highest BCUT2D eigenvalue weighted by Crippen LogP contribution is 2.20. The summed E-state index contributed by atoms with van der Waals surface area (Å²) in [5.41, 5.74) is 0.733. The zero-order chi connectivity index (χ0) is 16.8. The molecule has 1 aromatic carbocycles. The van der Waals surface area contributed by atoms with Crippen molar-refractivity contribution >= 4 is 11.2 Å². The van der Waals surface area contributed by atoms with Crippen molar-refractivity contribution in [2.24, 2.45) is 0 Å². The monoisotopic (exact) mass is 326 g/mol. The first kappa shape index (κ1) is 17.5. The minimum absolute atomic E-state index is 0.108. The third-order valence-corrected chi connectivity index (χ3v) is 3.02. The third kappa shape index (κ3) is 5.70. The van der Waals surface area contributed by atoms with Gasteiger partial charge in [0.2, 0.25) is 0 Å². The SMILES string of the molecule is CC(O)COC(C)COC(C)COc1ccc2oc(=O)oc2c1. The summed E-state index contributed by atoms with van der Waals surface area (Å²) in [5, 5.41) is 9.15. The standard InChI is InChI=1S/C16H22O7/c1-10(17)7-19-11(2)8-20-12(3)9-21-13-4-5-14-15(6-13)23-16(18)22-14/h4-6,10-12,17H,7-9H2,1-3H3. The second-order valence-corrected chi connectivity index (χ2v) is 5.51. The molecule has 128 valence electrons. The van der Waals surface area contributed by atoms with Gasteiger partial charge >= 0.3 is 5.82 Å². The first-order chi connectivity index (χ1) is 10.9. The zero-order valence-electron chi connectivity index (χ0n) is 13.5. The number of ether oxygens (including phenoxy) is 3. The Morgan fingerprint density at radius 2 is 1.65 bits per heavy atom. The lowest BCUT2D eigenvalue weighted by Crippen LogP contribution is -2.26. The van der Waals surface area contributed by atoms with E-state index < -0.39 is 11.9 Å². The molecule has 0 fully saturated rings. The number of hydrogen-bond acceptors (Lipinski definition) is 7. The van der Waals surface area contributed by atoms with Crippen LogP contribution in [0.4, 0.5) is 0 Å². The molecule has 23 heavy (non-hydrogen) atoms. The minimum atomic E-state index is -0.736. The molecule has 1 aromatic heterocycles. The minimum Gasteiger partial charge on any atom is -0.491 e. The van der Waals surface area contributed by atoms with E-state index in [0.29, 0.717) is 30.1 Å². The van der Waals surface area contributed by atoms with Crippen LogP contribution in [0.1, 0.15) is 20.8 Å². The fourth-order valence-electron chi connectivity index (χ4n) is 1.86. The molecule has 0 saturated heterocycles. The molecule has 3 unspecified atom stereocenters. The maximum Gasteiger partial charge on any atom is 0.519 e. The highest BCUT2D eigenvalue weighted by molar-refractivity contribution is 5.71. The largest absolute Gasteiger partial charge is 0.519 e. The van der Waals surface area contributed by atoms with Crippen LogP contribution in [0.15, 0.2) is 31.8 Å². The fourth-order valence-corrected chi connectivity index (χ4v) is 1.86. The highest BCUT2D eigenvalue weighted by atomic mass is 16.6. The number of aliphatic hydroxyl groups excluding tert-OH is 1. The molecule has 0 saturated carbocycles. The first-order valence-electron chi connectivity index (χ1n) is 7.52. The normalized spacial score (nSPS) is 15.5. The Labute approximate surface area is 133 Å². The van der Waals surface area contributed by atoms with Gasteiger partial charge < -0.3 is 28.2 Å². The maximum atomic E-state index is 11.0. The van der Waals surface area contributed by atoms with Gasteiger partial charge in [0.05, 0.1) is 31.5 Å². The molecule has 2 rings (SSSR count). The zero-order valence-corrected chi connectivity index (χ0v) is 13.5. The average Bonchev–Trinajstić information content (AvgIpc) is 2.88. The lowest BCUT2D eigenvalue weighted by Gasteiger charge is -2.18. The quantitative estimate of drug-likeness (QED) is 0.753. The summed E-state index contributed by atoms with van der Waals surface area (Å²) < 4.78 is 26.3. The van der Waals surface area contributed by atoms with Crippen molar-refractivity contribution in [1.82, 2.24) is 0 Å². The van der Waals surface area contributed by atoms with Gasteiger partial charge in [0.15, 0.2) is 11.2 Å². The summed E-state index contributed by atoms with van der Waals surface area (Å²) >= 11 is 0. The van der Waals surface area contributed by atoms with E-state index in [-0.39, 0.29) is 18.8 Å². The second kappa shape index (κ2) is 8.14. The summed E-state index contributed by atoms with van der Waals surface area (Å²) in [4.78, 5) is 11.0. The van der Waals surface area contributed by atoms with Crippen molar-refractivity contribution in [3.8, 4) is 5.75 Å². The Kier molecular flexibility index (Phi) is 6.20. The van der Waals surface area contributed by atoms with Crippen LogP contribution in [0.3, 0.4) is 0 Å². The summed E-state index contributed by atoms with van der Waals surface area (Å²) in [6.45, 7) is 6.47. The van der Waals surface area contributed by atoms with E-state index in [0.717, 1.165) is 0 Å². The molecule has 1 heterocycles. The van der Waals surface area contributed by atoms with Gasteiger partial charge in [-0.3, -0.25) is 0 Å². The molecule has 0 aliphatic rings. The molecular formula is C16H22O7. The molecule has 0 aliphatic heterocycles. The molecule has 7 heteroatoms. The van der Waals surface area contributed by atoms with Crippen LogP contribution >= 0.6 is 0 Å². The van der Waals surface area contributed by atoms with Gasteiger partial charge in [-0.15, -0.1) is 0 Å². The lowest BCUT2D eigenvalue weighted by molar-refractivity contribution is -0.0599. The van der Waals surface area contributed by atoms with E-state index in [1.165, 1.54) is 0 Å². The van der Waals surface area contributed by atoms with Crippen LogP contribution in [0, 0.1) is 0 Å². The van der Waals surface area contributed by atoms with Crippen LogP contribution < -0.4 is 10.6 Å². The lowest BCUT2D eigenvalue weighted by atomic mass is 10.3. The van der Waals surface area contributed by atoms with Crippen molar-refractivity contribution < 1.29 is 28.2 Å². The molecular weight excluding hydrogens is 304 g/mol. The van der Waals surface area contributed by atoms with Crippen molar-refractivity contribution in [1.29, 1.82) is 0 Å². The van der Waals surface area contributed by atoms with Crippen molar-refractivity contribution in [2.45, 2.75) is 39.1 Å². The molecule has 7 nitrogen and oxygen atoms in total. The predicted octanol–water partition coefficient (Wildman–Crippen LogP) is 1.96. The van der Waals surface area contributed by atoms with E-state index in [1.54, 1.807) is 25.1 Å². The predicted molar refractivity (Wildman–Crippen MR) is 82.8 cm³/mol. The van der Waals surface area contributed by atoms with E-state index in [9.17, 15) is 4.79 Å². The number of hydrogen-bond donors (Lipinski definition) is 1. The van der Waals surface area contributed by atoms with Gasteiger partial charge in [-0.05, 0) is 32.9 Å². The summed E-state index contributed by atoms with van der Waals surface area (Å²) in [7, 11) is 0. The third-order valence-electron chi connectivity index (χ3n) is 3.02. The summed E-state index contributed by atoms with van der Waals surface area (Å²) in [6, 6.07) is 4.91. The Morgan fingerprint density at radius 1 is 1.00 bits per heavy atom. The van der Waals surface area contributed by atoms with Gasteiger partial charge in [-0.25, -0.2) is 4.79 Å². The van der Waals surface area contributed by atoms with Crippen molar-refractivity contribution in [3.63, 3.8) is 0 Å². The topological polar surface area (TPSA) is 91.3 Å². The smallest absolute Gasteiger partial charge is 0.491 e. The molecule has 0 radical (unpaired) electrons. The maximum absolute atomic E-state index is 11.0. The van der Waals surface area contributed by atoms with Gasteiger partial charge in [-0.1, -0.05) is 0 Å². The molecule has 0 bridgehead atoms. The Morgan fingerprint density at radius 3 is 2.39 bits per heavy atom.